The van der Waals surface area contributed by atoms with Crippen LogP contribution in [-0.2, 0) is 22.7 Å². The second-order valence-electron chi connectivity index (χ2n) is 10.8. The van der Waals surface area contributed by atoms with Gasteiger partial charge in [-0.2, -0.15) is 0 Å². The van der Waals surface area contributed by atoms with Gasteiger partial charge in [0.25, 0.3) is 0 Å². The highest BCUT2D eigenvalue weighted by Gasteiger charge is 2.35. The summed E-state index contributed by atoms with van der Waals surface area (Å²) in [6, 6.07) is 23.7. The van der Waals surface area contributed by atoms with E-state index in [2.05, 4.69) is 15.5 Å². The number of carbonyl (C=O) groups is 4. The largest absolute Gasteiger partial charge is 0.465 e. The zero-order valence-electron chi connectivity index (χ0n) is 23.7. The number of amides is 4. The van der Waals surface area contributed by atoms with Crippen LogP contribution in [0.5, 0.6) is 0 Å². The van der Waals surface area contributed by atoms with Gasteiger partial charge in [-0.25, -0.2) is 9.59 Å². The predicted molar refractivity (Wildman–Crippen MR) is 162 cm³/mol. The number of hydrogen-bond donors (Lipinski definition) is 4. The number of benzene rings is 3. The summed E-state index contributed by atoms with van der Waals surface area (Å²) in [5, 5.41) is 24.4. The summed E-state index contributed by atoms with van der Waals surface area (Å²) in [6.07, 6.45) is 0.206. The van der Waals surface area contributed by atoms with Gasteiger partial charge in [-0.15, -0.1) is 0 Å². The van der Waals surface area contributed by atoms with Crippen LogP contribution in [0.15, 0.2) is 78.9 Å². The molecule has 2 atom stereocenters. The zero-order valence-corrected chi connectivity index (χ0v) is 23.7. The van der Waals surface area contributed by atoms with Crippen molar-refractivity contribution in [2.75, 3.05) is 28.6 Å². The topological polar surface area (TPSA) is 143 Å². The lowest BCUT2D eigenvalue weighted by atomic mass is 10.1. The van der Waals surface area contributed by atoms with Crippen LogP contribution < -0.4 is 15.5 Å². The van der Waals surface area contributed by atoms with Crippen LogP contribution in [0.3, 0.4) is 0 Å². The molecule has 3 aromatic rings. The average molecular weight is 586 g/mol. The maximum absolute atomic E-state index is 12.7. The van der Waals surface area contributed by atoms with Gasteiger partial charge in [0.1, 0.15) is 12.1 Å². The minimum Gasteiger partial charge on any atom is -0.465 e. The van der Waals surface area contributed by atoms with Crippen molar-refractivity contribution in [2.24, 2.45) is 0 Å². The molecule has 5 rings (SSSR count). The number of para-hydroxylation sites is 1. The highest BCUT2D eigenvalue weighted by Crippen LogP contribution is 2.24. The molecule has 2 aliphatic heterocycles. The quantitative estimate of drug-likeness (QED) is 0.275. The van der Waals surface area contributed by atoms with Gasteiger partial charge in [0, 0.05) is 43.2 Å². The minimum atomic E-state index is -1.08. The van der Waals surface area contributed by atoms with Crippen molar-refractivity contribution in [1.29, 1.82) is 0 Å². The molecular formula is C32H35N5O6. The molecule has 2 saturated heterocycles. The summed E-state index contributed by atoms with van der Waals surface area (Å²) < 4.78 is 0. The maximum Gasteiger partial charge on any atom is 0.407 e. The van der Waals surface area contributed by atoms with E-state index in [-0.39, 0.29) is 11.8 Å². The molecule has 2 aliphatic rings. The van der Waals surface area contributed by atoms with E-state index in [1.165, 1.54) is 9.80 Å². The van der Waals surface area contributed by atoms with E-state index in [4.69, 9.17) is 0 Å². The van der Waals surface area contributed by atoms with Gasteiger partial charge in [0.2, 0.25) is 11.8 Å². The minimum absolute atomic E-state index is 0.319. The van der Waals surface area contributed by atoms with Crippen LogP contribution in [0.2, 0.25) is 0 Å². The van der Waals surface area contributed by atoms with Gasteiger partial charge in [-0.05, 0) is 73.2 Å². The maximum atomic E-state index is 12.7. The van der Waals surface area contributed by atoms with E-state index in [1.54, 1.807) is 0 Å². The fraction of sp³-hybridized carbons (Fsp3) is 0.312. The molecule has 11 heteroatoms. The first-order chi connectivity index (χ1) is 20.8. The lowest BCUT2D eigenvalue weighted by molar-refractivity contribution is -0.120. The Kier molecular flexibility index (Phi) is 9.09. The summed E-state index contributed by atoms with van der Waals surface area (Å²) in [4.78, 5) is 52.8. The van der Waals surface area contributed by atoms with Crippen LogP contribution in [-0.4, -0.2) is 69.2 Å². The molecule has 224 valence electrons. The van der Waals surface area contributed by atoms with Gasteiger partial charge in [0.15, 0.2) is 0 Å². The Morgan fingerprint density at radius 3 is 1.47 bits per heavy atom. The Labute approximate surface area is 249 Å². The molecule has 4 N–H and O–H groups in total. The molecular weight excluding hydrogens is 550 g/mol. The third-order valence-corrected chi connectivity index (χ3v) is 7.91. The fourth-order valence-corrected chi connectivity index (χ4v) is 5.69. The molecule has 0 bridgehead atoms. The zero-order chi connectivity index (χ0) is 30.3. The van der Waals surface area contributed by atoms with Crippen LogP contribution in [0, 0.1) is 0 Å². The first-order valence-electron chi connectivity index (χ1n) is 14.4. The number of nitrogens with one attached hydrogen (secondary N) is 2. The highest BCUT2D eigenvalue weighted by atomic mass is 16.4. The molecule has 43 heavy (non-hydrogen) atoms. The van der Waals surface area contributed by atoms with Gasteiger partial charge in [0.05, 0.1) is 0 Å². The first-order valence-corrected chi connectivity index (χ1v) is 14.4. The average Bonchev–Trinajstić information content (AvgIpc) is 3.70. The molecule has 3 aromatic carbocycles. The number of anilines is 3. The molecule has 4 amide bonds. The Hall–Kier alpha value is -5.06. The normalized spacial score (nSPS) is 17.9. The summed E-state index contributed by atoms with van der Waals surface area (Å²) >= 11 is 0. The van der Waals surface area contributed by atoms with E-state index in [9.17, 15) is 29.4 Å². The van der Waals surface area contributed by atoms with E-state index >= 15 is 0 Å². The molecule has 2 fully saturated rings. The number of likely N-dealkylation sites (tertiary alicyclic amines) is 2. The standard InChI is InChI=1S/C32H35N5O6/c38-29(27-8-4-18-36(27)31(40)41)33-24-14-10-22(11-15-24)20-35(26-6-2-1-3-7-26)21-23-12-16-25(17-13-23)34-30(39)28-9-5-19-37(28)32(42)43/h1-3,6-7,10-17,27-28H,4-5,8-9,18-21H2,(H,33,38)(H,34,39)(H,40,41)(H,42,43)/t27-,28-/m0/s1. The van der Waals surface area contributed by atoms with Crippen molar-refractivity contribution in [2.45, 2.75) is 50.9 Å². The van der Waals surface area contributed by atoms with Crippen molar-refractivity contribution in [1.82, 2.24) is 9.80 Å². The van der Waals surface area contributed by atoms with Crippen LogP contribution in [0.1, 0.15) is 36.8 Å². The summed E-state index contributed by atoms with van der Waals surface area (Å²) in [5.74, 6) is -0.638. The third kappa shape index (κ3) is 7.24. The third-order valence-electron chi connectivity index (χ3n) is 7.91. The second kappa shape index (κ2) is 13.3. The van der Waals surface area contributed by atoms with Gasteiger partial charge < -0.3 is 25.7 Å². The smallest absolute Gasteiger partial charge is 0.407 e. The number of hydrogen-bond acceptors (Lipinski definition) is 5. The Balaban J connectivity index is 1.22. The van der Waals surface area contributed by atoms with E-state index in [0.29, 0.717) is 63.2 Å². The SMILES string of the molecule is O=C(Nc1ccc(CN(Cc2ccc(NC(=O)[C@@H]3CCCN3C(=O)O)cc2)c2ccccc2)cc1)[C@@H]1CCCN1C(=O)O. The number of carbonyl (C=O) groups excluding carboxylic acids is 2. The Morgan fingerprint density at radius 1 is 0.651 bits per heavy atom. The number of carboxylic acid groups (broad SMARTS) is 2. The Morgan fingerprint density at radius 2 is 1.07 bits per heavy atom. The molecule has 0 aromatic heterocycles. The number of nitrogens with zero attached hydrogens (tertiary/aromatic N) is 3. The fourth-order valence-electron chi connectivity index (χ4n) is 5.69. The monoisotopic (exact) mass is 585 g/mol. The van der Waals surface area contributed by atoms with Crippen molar-refractivity contribution >= 4 is 41.1 Å². The van der Waals surface area contributed by atoms with Crippen LogP contribution in [0.25, 0.3) is 0 Å². The van der Waals surface area contributed by atoms with E-state index < -0.39 is 24.3 Å². The van der Waals surface area contributed by atoms with Crippen LogP contribution >= 0.6 is 0 Å². The van der Waals surface area contributed by atoms with Crippen molar-refractivity contribution in [3.8, 4) is 0 Å². The first kappa shape index (κ1) is 29.4. The van der Waals surface area contributed by atoms with Gasteiger partial charge >= 0.3 is 12.2 Å². The van der Waals surface area contributed by atoms with Crippen molar-refractivity contribution in [3.63, 3.8) is 0 Å². The molecule has 11 nitrogen and oxygen atoms in total. The highest BCUT2D eigenvalue weighted by molar-refractivity contribution is 5.97. The van der Waals surface area contributed by atoms with E-state index in [1.807, 2.05) is 78.9 Å². The van der Waals surface area contributed by atoms with Gasteiger partial charge in [-0.3, -0.25) is 19.4 Å². The molecule has 0 spiro atoms. The van der Waals surface area contributed by atoms with Crippen molar-refractivity contribution < 1.29 is 29.4 Å². The summed E-state index contributed by atoms with van der Waals surface area (Å²) in [6.45, 7) is 1.92. The molecule has 0 unspecified atom stereocenters. The van der Waals surface area contributed by atoms with E-state index in [0.717, 1.165) is 16.8 Å². The predicted octanol–water partition coefficient (Wildman–Crippen LogP) is 5.06. The molecule has 0 aliphatic carbocycles. The second-order valence-corrected chi connectivity index (χ2v) is 10.8. The molecule has 0 radical (unpaired) electrons. The summed E-state index contributed by atoms with van der Waals surface area (Å²) in [7, 11) is 0. The number of rotatable bonds is 9. The van der Waals surface area contributed by atoms with Gasteiger partial charge in [-0.1, -0.05) is 42.5 Å². The molecule has 2 heterocycles. The van der Waals surface area contributed by atoms with Crippen LogP contribution in [0.4, 0.5) is 26.7 Å². The lowest BCUT2D eigenvalue weighted by Gasteiger charge is -2.26. The van der Waals surface area contributed by atoms with Crippen molar-refractivity contribution in [3.05, 3.63) is 90.0 Å². The Bertz CT molecular complexity index is 1360. The lowest BCUT2D eigenvalue weighted by Crippen LogP contribution is -2.42. The molecule has 0 saturated carbocycles. The summed E-state index contributed by atoms with van der Waals surface area (Å²) in [5.41, 5.74) is 4.30.